The number of aliphatic carboxylic acids is 1. The van der Waals surface area contributed by atoms with E-state index in [1.807, 2.05) is 0 Å². The molecule has 0 fully saturated rings. The van der Waals surface area contributed by atoms with E-state index in [1.165, 1.54) is 36.5 Å². The van der Waals surface area contributed by atoms with Crippen molar-refractivity contribution in [1.82, 2.24) is 10.3 Å². The number of hydrogen-bond donors (Lipinski definition) is 2. The molecule has 1 atom stereocenters. The molecule has 206 valence electrons. The number of carboxylic acids is 1. The van der Waals surface area contributed by atoms with Crippen LogP contribution >= 0.6 is 0 Å². The highest BCUT2D eigenvalue weighted by Crippen LogP contribution is 2.47. The second kappa shape index (κ2) is 10.4. The Morgan fingerprint density at radius 2 is 1.62 bits per heavy atom. The summed E-state index contributed by atoms with van der Waals surface area (Å²) in [4.78, 5) is 28.6. The van der Waals surface area contributed by atoms with Gasteiger partial charge in [0.25, 0.3) is 5.91 Å². The van der Waals surface area contributed by atoms with Crippen LogP contribution in [0.15, 0.2) is 60.8 Å². The summed E-state index contributed by atoms with van der Waals surface area (Å²) in [6.07, 6.45) is -3.90. The summed E-state index contributed by atoms with van der Waals surface area (Å²) in [5.74, 6) is -5.26. The normalized spacial score (nSPS) is 13.6. The highest BCUT2D eigenvalue weighted by Gasteiger charge is 2.38. The molecule has 0 unspecified atom stereocenters. The smallest absolute Gasteiger partial charge is 0.419 e. The summed E-state index contributed by atoms with van der Waals surface area (Å²) < 4.78 is 82.3. The van der Waals surface area contributed by atoms with Gasteiger partial charge in [-0.2, -0.15) is 13.2 Å². The van der Waals surface area contributed by atoms with E-state index in [2.05, 4.69) is 10.3 Å². The van der Waals surface area contributed by atoms with Gasteiger partial charge in [-0.1, -0.05) is 36.4 Å². The number of ether oxygens (including phenoxy) is 2. The number of fused-ring (bicyclic) bond motifs is 2. The third-order valence-electron chi connectivity index (χ3n) is 6.33. The van der Waals surface area contributed by atoms with Gasteiger partial charge in [-0.25, -0.2) is 13.6 Å². The van der Waals surface area contributed by atoms with Crippen LogP contribution in [0.4, 0.5) is 22.0 Å². The number of carbonyl (C=O) groups excluding carboxylic acids is 1. The molecule has 0 spiro atoms. The first-order chi connectivity index (χ1) is 19.1. The molecule has 5 rings (SSSR count). The number of carboxylic acid groups (broad SMARTS) is 1. The molecule has 0 radical (unpaired) electrons. The van der Waals surface area contributed by atoms with Crippen LogP contribution in [0.2, 0.25) is 0 Å². The van der Waals surface area contributed by atoms with Gasteiger partial charge in [0.2, 0.25) is 0 Å². The third kappa shape index (κ3) is 4.99. The zero-order valence-electron chi connectivity index (χ0n) is 20.4. The molecule has 0 saturated carbocycles. The summed E-state index contributed by atoms with van der Waals surface area (Å²) in [6.45, 7) is 0.0231. The molecular weight excluding hydrogens is 539 g/mol. The number of nitrogens with one attached hydrogen (secondary N) is 1. The zero-order chi connectivity index (χ0) is 28.6. The first-order valence-electron chi connectivity index (χ1n) is 11.9. The van der Waals surface area contributed by atoms with Crippen LogP contribution in [0.3, 0.4) is 0 Å². The summed E-state index contributed by atoms with van der Waals surface area (Å²) in [7, 11) is 0. The highest BCUT2D eigenvalue weighted by atomic mass is 19.4. The Kier molecular flexibility index (Phi) is 7.01. The quantitative estimate of drug-likeness (QED) is 0.308. The van der Waals surface area contributed by atoms with Crippen LogP contribution < -0.4 is 14.8 Å². The van der Waals surface area contributed by atoms with Crippen molar-refractivity contribution in [3.8, 4) is 22.8 Å². The van der Waals surface area contributed by atoms with Crippen molar-refractivity contribution in [3.05, 3.63) is 89.1 Å². The number of rotatable bonds is 6. The Hall–Kier alpha value is -4.74. The molecular formula is C28H19F5N2O5. The molecule has 12 heteroatoms. The monoisotopic (exact) mass is 558 g/mol. The fourth-order valence-electron chi connectivity index (χ4n) is 4.56. The number of benzene rings is 3. The van der Waals surface area contributed by atoms with E-state index in [9.17, 15) is 36.6 Å². The van der Waals surface area contributed by atoms with Gasteiger partial charge < -0.3 is 19.9 Å². The number of aromatic nitrogens is 1. The van der Waals surface area contributed by atoms with Crippen LogP contribution in [-0.4, -0.2) is 41.2 Å². The number of pyridine rings is 1. The molecule has 7 nitrogen and oxygen atoms in total. The number of amides is 1. The van der Waals surface area contributed by atoms with Crippen molar-refractivity contribution in [3.63, 3.8) is 0 Å². The minimum absolute atomic E-state index is 0.00401. The van der Waals surface area contributed by atoms with E-state index < -0.39 is 59.0 Å². The first-order valence-corrected chi connectivity index (χ1v) is 11.9. The summed E-state index contributed by atoms with van der Waals surface area (Å²) in [5, 5.41) is 12.0. The van der Waals surface area contributed by atoms with Gasteiger partial charge in [0, 0.05) is 29.1 Å². The lowest BCUT2D eigenvalue weighted by molar-refractivity contribution is -0.139. The lowest BCUT2D eigenvalue weighted by Crippen LogP contribution is -2.43. The molecule has 1 amide bonds. The molecule has 0 aliphatic carbocycles. The minimum Gasteiger partial charge on any atom is -0.486 e. The average molecular weight is 558 g/mol. The maximum atomic E-state index is 14.3. The van der Waals surface area contributed by atoms with Gasteiger partial charge >= 0.3 is 12.1 Å². The van der Waals surface area contributed by atoms with Crippen LogP contribution in [0.5, 0.6) is 11.5 Å². The van der Waals surface area contributed by atoms with Gasteiger partial charge in [0.15, 0.2) is 11.5 Å². The van der Waals surface area contributed by atoms with E-state index in [0.29, 0.717) is 0 Å². The summed E-state index contributed by atoms with van der Waals surface area (Å²) >= 11 is 0. The van der Waals surface area contributed by atoms with E-state index in [1.54, 1.807) is 6.07 Å². The topological polar surface area (TPSA) is 97.8 Å². The second-order valence-electron chi connectivity index (χ2n) is 8.86. The molecule has 1 aromatic heterocycles. The number of halogens is 5. The number of alkyl halides is 3. The maximum Gasteiger partial charge on any atom is 0.419 e. The highest BCUT2D eigenvalue weighted by molar-refractivity contribution is 5.97. The first kappa shape index (κ1) is 26.9. The van der Waals surface area contributed by atoms with E-state index in [0.717, 1.165) is 18.2 Å². The molecule has 3 aromatic carbocycles. The number of carbonyl (C=O) groups is 2. The average Bonchev–Trinajstić information content (AvgIpc) is 2.91. The van der Waals surface area contributed by atoms with Gasteiger partial charge in [-0.3, -0.25) is 9.78 Å². The Morgan fingerprint density at radius 3 is 2.30 bits per heavy atom. The van der Waals surface area contributed by atoms with E-state index in [4.69, 9.17) is 9.47 Å². The fraction of sp³-hybridized carbons (Fsp3) is 0.179. The van der Waals surface area contributed by atoms with Gasteiger partial charge in [0.05, 0.1) is 11.3 Å². The fourth-order valence-corrected chi connectivity index (χ4v) is 4.56. The van der Waals surface area contributed by atoms with Crippen LogP contribution in [0, 0.1) is 11.6 Å². The minimum atomic E-state index is -4.77. The molecule has 2 N–H and O–H groups in total. The number of nitrogens with zero attached hydrogens (tertiary/aromatic N) is 1. The third-order valence-corrected chi connectivity index (χ3v) is 6.33. The lowest BCUT2D eigenvalue weighted by Gasteiger charge is -2.26. The van der Waals surface area contributed by atoms with Crippen molar-refractivity contribution >= 4 is 22.6 Å². The Bertz CT molecular complexity index is 1620. The molecule has 2 heterocycles. The van der Waals surface area contributed by atoms with E-state index >= 15 is 0 Å². The van der Waals surface area contributed by atoms with Crippen molar-refractivity contribution in [2.24, 2.45) is 0 Å². The van der Waals surface area contributed by atoms with Gasteiger partial charge in [0.1, 0.15) is 36.5 Å². The molecule has 0 bridgehead atoms. The van der Waals surface area contributed by atoms with Crippen molar-refractivity contribution in [2.75, 3.05) is 13.2 Å². The van der Waals surface area contributed by atoms with Gasteiger partial charge in [-0.05, 0) is 23.6 Å². The molecule has 40 heavy (non-hydrogen) atoms. The lowest BCUT2D eigenvalue weighted by atomic mass is 9.95. The number of hydrogen-bond acceptors (Lipinski definition) is 5. The molecule has 0 saturated heterocycles. The Balaban J connectivity index is 1.56. The molecule has 4 aromatic rings. The predicted molar refractivity (Wildman–Crippen MR) is 132 cm³/mol. The SMILES string of the molecule is O=C(N[C@@H](Cc1ccc(-c2ncc3ccccc3c2C(F)(F)F)c2c1OCCO2)C(=O)O)c1c(F)cccc1F. The van der Waals surface area contributed by atoms with Crippen molar-refractivity contribution < 1.29 is 46.1 Å². The summed E-state index contributed by atoms with van der Waals surface area (Å²) in [5.41, 5.74) is -2.18. The van der Waals surface area contributed by atoms with Crippen LogP contribution in [-0.2, 0) is 17.4 Å². The van der Waals surface area contributed by atoms with E-state index in [-0.39, 0.29) is 46.6 Å². The Labute approximate surface area is 223 Å². The van der Waals surface area contributed by atoms with Crippen molar-refractivity contribution in [1.29, 1.82) is 0 Å². The van der Waals surface area contributed by atoms with Crippen LogP contribution in [0.1, 0.15) is 21.5 Å². The zero-order valence-corrected chi connectivity index (χ0v) is 20.4. The van der Waals surface area contributed by atoms with Crippen molar-refractivity contribution in [2.45, 2.75) is 18.6 Å². The van der Waals surface area contributed by atoms with Gasteiger partial charge in [-0.15, -0.1) is 0 Å². The molecule has 1 aliphatic heterocycles. The molecule has 1 aliphatic rings. The second-order valence-corrected chi connectivity index (χ2v) is 8.86. The standard InChI is InChI=1S/C28H19F5N2O5/c29-18-6-3-7-19(30)21(18)26(36)35-20(27(37)38)12-14-8-9-17(25-24(14)39-10-11-40-25)23-22(28(31,32)33)16-5-2-1-4-15(16)13-34-23/h1-9,13,20H,10-12H2,(H,35,36)(H,37,38)/t20-/m0/s1. The summed E-state index contributed by atoms with van der Waals surface area (Å²) in [6, 6.07) is 9.63. The maximum absolute atomic E-state index is 14.3. The van der Waals surface area contributed by atoms with Crippen LogP contribution in [0.25, 0.3) is 22.0 Å². The largest absolute Gasteiger partial charge is 0.486 e. The Morgan fingerprint density at radius 1 is 0.950 bits per heavy atom. The predicted octanol–water partition coefficient (Wildman–Crippen LogP) is 5.40.